The van der Waals surface area contributed by atoms with E-state index < -0.39 is 11.8 Å². The predicted molar refractivity (Wildman–Crippen MR) is 165 cm³/mol. The Morgan fingerprint density at radius 1 is 0.762 bits per heavy atom. The first-order valence-electron chi connectivity index (χ1n) is 13.9. The lowest BCUT2D eigenvalue weighted by atomic mass is 10.1. The highest BCUT2D eigenvalue weighted by Gasteiger charge is 2.24. The van der Waals surface area contributed by atoms with Crippen LogP contribution in [-0.4, -0.2) is 51.8 Å². The number of urea groups is 1. The van der Waals surface area contributed by atoms with Crippen LogP contribution in [0.1, 0.15) is 15.9 Å². The molecule has 0 aliphatic carbocycles. The summed E-state index contributed by atoms with van der Waals surface area (Å²) in [7, 11) is 1.67. The van der Waals surface area contributed by atoms with E-state index in [0.717, 1.165) is 35.8 Å². The molecule has 1 heterocycles. The van der Waals surface area contributed by atoms with Gasteiger partial charge in [-0.1, -0.05) is 48.5 Å². The van der Waals surface area contributed by atoms with Crippen LogP contribution in [0.3, 0.4) is 0 Å². The first-order chi connectivity index (χ1) is 20.5. The zero-order valence-corrected chi connectivity index (χ0v) is 23.5. The summed E-state index contributed by atoms with van der Waals surface area (Å²) in [6.07, 6.45) is 0.702. The van der Waals surface area contributed by atoms with Gasteiger partial charge < -0.3 is 30.5 Å². The van der Waals surface area contributed by atoms with Gasteiger partial charge in [0.25, 0.3) is 5.91 Å². The van der Waals surface area contributed by atoms with Gasteiger partial charge in [-0.15, -0.1) is 0 Å². The van der Waals surface area contributed by atoms with Gasteiger partial charge in [-0.25, -0.2) is 9.18 Å². The Labute approximate surface area is 245 Å². The van der Waals surface area contributed by atoms with Gasteiger partial charge in [-0.2, -0.15) is 0 Å². The number of halogens is 1. The number of methoxy groups -OCH3 is 1. The molecule has 0 bridgehead atoms. The molecule has 3 N–H and O–H groups in total. The minimum absolute atomic E-state index is 0.220. The fraction of sp³-hybridized carbons (Fsp3) is 0.212. The number of para-hydroxylation sites is 2. The highest BCUT2D eigenvalue weighted by atomic mass is 19.1. The summed E-state index contributed by atoms with van der Waals surface area (Å²) >= 11 is 0. The van der Waals surface area contributed by atoms with Crippen LogP contribution in [-0.2, 0) is 6.42 Å². The fourth-order valence-electron chi connectivity index (χ4n) is 5.07. The fourth-order valence-corrected chi connectivity index (χ4v) is 5.07. The van der Waals surface area contributed by atoms with Crippen LogP contribution in [0.4, 0.5) is 31.9 Å². The Morgan fingerprint density at radius 2 is 1.43 bits per heavy atom. The van der Waals surface area contributed by atoms with Crippen LogP contribution >= 0.6 is 0 Å². The summed E-state index contributed by atoms with van der Waals surface area (Å²) in [5.41, 5.74) is 4.22. The van der Waals surface area contributed by atoms with Crippen molar-refractivity contribution in [1.82, 2.24) is 5.32 Å². The van der Waals surface area contributed by atoms with Crippen LogP contribution in [0.25, 0.3) is 0 Å². The Morgan fingerprint density at radius 3 is 2.14 bits per heavy atom. The number of anilines is 4. The molecule has 42 heavy (non-hydrogen) atoms. The summed E-state index contributed by atoms with van der Waals surface area (Å²) in [4.78, 5) is 30.6. The van der Waals surface area contributed by atoms with Crippen LogP contribution < -0.4 is 30.5 Å². The number of amides is 3. The number of nitrogens with zero attached hydrogens (tertiary/aromatic N) is 2. The van der Waals surface area contributed by atoms with Crippen molar-refractivity contribution in [2.24, 2.45) is 0 Å². The Balaban J connectivity index is 1.31. The number of carbonyl (C=O) groups is 2. The average Bonchev–Trinajstić information content (AvgIpc) is 3.01. The van der Waals surface area contributed by atoms with E-state index in [-0.39, 0.29) is 5.91 Å². The first kappa shape index (κ1) is 28.5. The molecule has 3 amide bonds. The van der Waals surface area contributed by atoms with Crippen molar-refractivity contribution in [1.29, 1.82) is 0 Å². The number of ether oxygens (including phenoxy) is 1. The lowest BCUT2D eigenvalue weighted by Gasteiger charge is -2.38. The van der Waals surface area contributed by atoms with Crippen LogP contribution in [0, 0.1) is 5.82 Å². The molecule has 9 heteroatoms. The normalized spacial score (nSPS) is 12.9. The van der Waals surface area contributed by atoms with Crippen LogP contribution in [0.15, 0.2) is 97.1 Å². The number of hydrogen-bond donors (Lipinski definition) is 3. The summed E-state index contributed by atoms with van der Waals surface area (Å²) in [5, 5.41) is 8.43. The van der Waals surface area contributed by atoms with Crippen molar-refractivity contribution in [3.05, 3.63) is 114 Å². The number of rotatable bonds is 9. The molecule has 1 aliphatic rings. The second-order valence-electron chi connectivity index (χ2n) is 9.96. The molecular formula is C33H34FN5O3. The lowest BCUT2D eigenvalue weighted by Crippen LogP contribution is -2.47. The van der Waals surface area contributed by atoms with Crippen molar-refractivity contribution >= 4 is 34.7 Å². The Kier molecular flexibility index (Phi) is 9.18. The molecule has 1 aliphatic heterocycles. The van der Waals surface area contributed by atoms with Gasteiger partial charge >= 0.3 is 6.03 Å². The molecule has 0 aromatic heterocycles. The zero-order valence-electron chi connectivity index (χ0n) is 23.5. The molecule has 1 saturated heterocycles. The average molecular weight is 568 g/mol. The third kappa shape index (κ3) is 7.17. The Hall–Kier alpha value is -5.05. The van der Waals surface area contributed by atoms with Gasteiger partial charge in [0, 0.05) is 49.8 Å². The maximum absolute atomic E-state index is 13.5. The van der Waals surface area contributed by atoms with Gasteiger partial charge in [0.2, 0.25) is 0 Å². The quantitative estimate of drug-likeness (QED) is 0.239. The van der Waals surface area contributed by atoms with E-state index >= 15 is 0 Å². The van der Waals surface area contributed by atoms with Crippen molar-refractivity contribution in [2.45, 2.75) is 6.42 Å². The molecule has 4 aromatic carbocycles. The van der Waals surface area contributed by atoms with Crippen molar-refractivity contribution < 1.29 is 18.7 Å². The Bertz CT molecular complexity index is 1520. The van der Waals surface area contributed by atoms with E-state index in [1.165, 1.54) is 18.2 Å². The topological polar surface area (TPSA) is 85.9 Å². The predicted octanol–water partition coefficient (Wildman–Crippen LogP) is 5.78. The first-order valence-corrected chi connectivity index (χ1v) is 13.9. The van der Waals surface area contributed by atoms with Crippen molar-refractivity contribution in [2.75, 3.05) is 60.3 Å². The maximum Gasteiger partial charge on any atom is 0.323 e. The second-order valence-corrected chi connectivity index (χ2v) is 9.96. The molecule has 4 aromatic rings. The number of hydrogen-bond acceptors (Lipinski definition) is 5. The molecule has 0 atom stereocenters. The van der Waals surface area contributed by atoms with Gasteiger partial charge in [0.15, 0.2) is 0 Å². The SMILES string of the molecule is COc1ccccc1N1CCN(c2ccc(NC(=O)Nc3cccc(F)c3)cc2C(=O)NCCc2ccccc2)CC1. The maximum atomic E-state index is 13.5. The summed E-state index contributed by atoms with van der Waals surface area (Å²) in [6, 6.07) is 28.4. The van der Waals surface area contributed by atoms with E-state index in [2.05, 4.69) is 31.8 Å². The van der Waals surface area contributed by atoms with E-state index in [4.69, 9.17) is 4.74 Å². The van der Waals surface area contributed by atoms with Crippen molar-refractivity contribution in [3.8, 4) is 5.75 Å². The van der Waals surface area contributed by atoms with Gasteiger partial charge in [-0.3, -0.25) is 4.79 Å². The number of nitrogens with one attached hydrogen (secondary N) is 3. The standard InChI is InChI=1S/C33H34FN5O3/c1-42-31-13-6-5-12-30(31)39-20-18-38(19-21-39)29-15-14-27(37-33(41)36-26-11-7-10-25(34)22-26)23-28(29)32(40)35-17-16-24-8-3-2-4-9-24/h2-15,22-23H,16-21H2,1H3,(H,35,40)(H2,36,37,41). The highest BCUT2D eigenvalue weighted by Crippen LogP contribution is 2.31. The smallest absolute Gasteiger partial charge is 0.323 e. The van der Waals surface area contributed by atoms with Crippen molar-refractivity contribution in [3.63, 3.8) is 0 Å². The third-order valence-electron chi connectivity index (χ3n) is 7.17. The zero-order chi connectivity index (χ0) is 29.3. The van der Waals surface area contributed by atoms with Crippen LogP contribution in [0.2, 0.25) is 0 Å². The van der Waals surface area contributed by atoms with E-state index in [9.17, 15) is 14.0 Å². The molecule has 8 nitrogen and oxygen atoms in total. The molecule has 1 fully saturated rings. The molecule has 0 saturated carbocycles. The van der Waals surface area contributed by atoms with E-state index in [1.54, 1.807) is 25.3 Å². The van der Waals surface area contributed by atoms with Gasteiger partial charge in [0.1, 0.15) is 11.6 Å². The minimum atomic E-state index is -0.533. The van der Waals surface area contributed by atoms with Crippen LogP contribution in [0.5, 0.6) is 5.75 Å². The molecule has 216 valence electrons. The molecule has 5 rings (SSSR count). The van der Waals surface area contributed by atoms with Gasteiger partial charge in [-0.05, 0) is 60.5 Å². The summed E-state index contributed by atoms with van der Waals surface area (Å²) < 4.78 is 19.1. The number of piperazine rings is 1. The number of carbonyl (C=O) groups excluding carboxylic acids is 2. The largest absolute Gasteiger partial charge is 0.495 e. The highest BCUT2D eigenvalue weighted by molar-refractivity contribution is 6.04. The third-order valence-corrected chi connectivity index (χ3v) is 7.17. The minimum Gasteiger partial charge on any atom is -0.495 e. The molecule has 0 radical (unpaired) electrons. The molecule has 0 spiro atoms. The van der Waals surface area contributed by atoms with E-state index in [1.807, 2.05) is 54.6 Å². The van der Waals surface area contributed by atoms with E-state index in [0.29, 0.717) is 43.0 Å². The monoisotopic (exact) mass is 567 g/mol. The lowest BCUT2D eigenvalue weighted by molar-refractivity contribution is 0.0954. The molecular weight excluding hydrogens is 533 g/mol. The summed E-state index contributed by atoms with van der Waals surface area (Å²) in [5.74, 6) is 0.163. The molecule has 0 unspecified atom stereocenters. The summed E-state index contributed by atoms with van der Waals surface area (Å²) in [6.45, 7) is 3.39. The van der Waals surface area contributed by atoms with Gasteiger partial charge in [0.05, 0.1) is 18.4 Å². The number of benzene rings is 4. The second kappa shape index (κ2) is 13.5.